The van der Waals surface area contributed by atoms with Gasteiger partial charge in [0.1, 0.15) is 4.90 Å². The monoisotopic (exact) mass is 462 g/mol. The molecule has 2 aromatic rings. The maximum atomic E-state index is 12.8. The molecule has 0 aliphatic heterocycles. The highest BCUT2D eigenvalue weighted by Crippen LogP contribution is 2.31. The molecule has 7 nitrogen and oxygen atoms in total. The first-order chi connectivity index (χ1) is 14.1. The van der Waals surface area contributed by atoms with Crippen LogP contribution >= 0.6 is 11.6 Å². The predicted molar refractivity (Wildman–Crippen MR) is 109 cm³/mol. The molecule has 1 amide bonds. The van der Waals surface area contributed by atoms with Gasteiger partial charge >= 0.3 is 6.61 Å². The summed E-state index contributed by atoms with van der Waals surface area (Å²) in [4.78, 5) is 12.4. The molecule has 0 aromatic heterocycles. The molecular formula is C19H21ClF2N2O5S. The van der Waals surface area contributed by atoms with Crippen molar-refractivity contribution in [3.05, 3.63) is 47.0 Å². The van der Waals surface area contributed by atoms with Crippen molar-refractivity contribution in [3.8, 4) is 11.5 Å². The van der Waals surface area contributed by atoms with E-state index in [-0.39, 0.29) is 45.8 Å². The molecule has 0 unspecified atom stereocenters. The molecule has 11 heteroatoms. The molecule has 0 saturated heterocycles. The van der Waals surface area contributed by atoms with Gasteiger partial charge in [0.2, 0.25) is 10.0 Å². The summed E-state index contributed by atoms with van der Waals surface area (Å²) in [6.45, 7) is 0.808. The van der Waals surface area contributed by atoms with Crippen molar-refractivity contribution >= 4 is 33.2 Å². The van der Waals surface area contributed by atoms with Gasteiger partial charge in [-0.25, -0.2) is 8.42 Å². The average Bonchev–Trinajstić information content (AvgIpc) is 2.69. The van der Waals surface area contributed by atoms with E-state index in [1.807, 2.05) is 0 Å². The van der Waals surface area contributed by atoms with Gasteiger partial charge in [0.05, 0.1) is 12.1 Å². The second-order valence-electron chi connectivity index (χ2n) is 5.93. The molecule has 30 heavy (non-hydrogen) atoms. The van der Waals surface area contributed by atoms with Crippen LogP contribution in [0.1, 0.15) is 24.2 Å². The van der Waals surface area contributed by atoms with Crippen LogP contribution < -0.4 is 14.8 Å². The number of alkyl halides is 2. The van der Waals surface area contributed by atoms with Gasteiger partial charge in [-0.05, 0) is 36.4 Å². The molecule has 0 spiro atoms. The van der Waals surface area contributed by atoms with E-state index < -0.39 is 22.5 Å². The fourth-order valence-electron chi connectivity index (χ4n) is 2.69. The Morgan fingerprint density at radius 2 is 1.80 bits per heavy atom. The van der Waals surface area contributed by atoms with E-state index >= 15 is 0 Å². The Labute approximate surface area is 178 Å². The summed E-state index contributed by atoms with van der Waals surface area (Å²) in [5.41, 5.74) is 0.178. The number of hydrogen-bond acceptors (Lipinski definition) is 5. The third-order valence-corrected chi connectivity index (χ3v) is 6.69. The number of sulfonamides is 1. The molecule has 0 atom stereocenters. The first kappa shape index (κ1) is 23.8. The highest BCUT2D eigenvalue weighted by Gasteiger charge is 2.25. The van der Waals surface area contributed by atoms with Gasteiger partial charge in [0.15, 0.2) is 11.5 Å². The van der Waals surface area contributed by atoms with Crippen LogP contribution in [0, 0.1) is 0 Å². The molecule has 0 saturated carbocycles. The maximum absolute atomic E-state index is 12.8. The fourth-order valence-corrected chi connectivity index (χ4v) is 4.65. The number of halogens is 3. The number of carbonyl (C=O) groups is 1. The summed E-state index contributed by atoms with van der Waals surface area (Å²) in [6, 6.07) is 7.80. The average molecular weight is 463 g/mol. The molecule has 0 heterocycles. The summed E-state index contributed by atoms with van der Waals surface area (Å²) in [7, 11) is -2.58. The molecule has 0 bridgehead atoms. The zero-order valence-corrected chi connectivity index (χ0v) is 18.1. The van der Waals surface area contributed by atoms with Gasteiger partial charge in [-0.2, -0.15) is 13.1 Å². The van der Waals surface area contributed by atoms with Gasteiger partial charge in [-0.1, -0.05) is 25.4 Å². The van der Waals surface area contributed by atoms with Crippen molar-refractivity contribution in [3.63, 3.8) is 0 Å². The summed E-state index contributed by atoms with van der Waals surface area (Å²) >= 11 is 6.07. The molecule has 0 aliphatic carbocycles. The van der Waals surface area contributed by atoms with E-state index in [1.165, 1.54) is 41.7 Å². The van der Waals surface area contributed by atoms with E-state index in [4.69, 9.17) is 16.3 Å². The minimum atomic E-state index is -3.85. The van der Waals surface area contributed by atoms with Crippen molar-refractivity contribution in [1.29, 1.82) is 0 Å². The van der Waals surface area contributed by atoms with Crippen LogP contribution in [0.25, 0.3) is 0 Å². The fraction of sp³-hybridized carbons (Fsp3) is 0.316. The molecule has 0 radical (unpaired) electrons. The lowest BCUT2D eigenvalue weighted by Crippen LogP contribution is -2.30. The Morgan fingerprint density at radius 3 is 2.37 bits per heavy atom. The number of benzene rings is 2. The Balaban J connectivity index is 2.34. The Morgan fingerprint density at radius 1 is 1.13 bits per heavy atom. The predicted octanol–water partition coefficient (Wildman–Crippen LogP) is 4.23. The molecule has 2 rings (SSSR count). The zero-order valence-electron chi connectivity index (χ0n) is 16.5. The number of anilines is 1. The van der Waals surface area contributed by atoms with Crippen LogP contribution in [0.4, 0.5) is 14.5 Å². The van der Waals surface area contributed by atoms with Crippen LogP contribution in [0.5, 0.6) is 11.5 Å². The third kappa shape index (κ3) is 5.38. The molecule has 2 aromatic carbocycles. The topological polar surface area (TPSA) is 84.9 Å². The van der Waals surface area contributed by atoms with Gasteiger partial charge in [0.25, 0.3) is 5.91 Å². The van der Waals surface area contributed by atoms with Gasteiger partial charge in [-0.3, -0.25) is 4.79 Å². The Hall–Kier alpha value is -2.43. The normalized spacial score (nSPS) is 11.6. The van der Waals surface area contributed by atoms with Crippen molar-refractivity contribution in [1.82, 2.24) is 4.31 Å². The lowest BCUT2D eigenvalue weighted by atomic mass is 10.2. The quantitative estimate of drug-likeness (QED) is 0.602. The summed E-state index contributed by atoms with van der Waals surface area (Å²) in [6.07, 6.45) is 0. The van der Waals surface area contributed by atoms with Crippen LogP contribution in [0.3, 0.4) is 0 Å². The van der Waals surface area contributed by atoms with Crippen molar-refractivity contribution in [2.75, 3.05) is 25.5 Å². The molecular weight excluding hydrogens is 442 g/mol. The van der Waals surface area contributed by atoms with Crippen molar-refractivity contribution < 1.29 is 31.5 Å². The Bertz CT molecular complexity index is 1010. The van der Waals surface area contributed by atoms with E-state index in [0.717, 1.165) is 6.07 Å². The molecule has 0 fully saturated rings. The van der Waals surface area contributed by atoms with Crippen LogP contribution in [-0.4, -0.2) is 45.4 Å². The SMILES string of the molecule is CCN(CC)S(=O)(=O)c1cc(NC(=O)c2ccc(OC)c(OC(F)F)c2)ccc1Cl. The number of carbonyl (C=O) groups excluding carboxylic acids is 1. The van der Waals surface area contributed by atoms with Crippen molar-refractivity contribution in [2.45, 2.75) is 25.4 Å². The number of hydrogen-bond donors (Lipinski definition) is 1. The molecule has 164 valence electrons. The van der Waals surface area contributed by atoms with Crippen molar-refractivity contribution in [2.24, 2.45) is 0 Å². The zero-order chi connectivity index (χ0) is 22.5. The molecule has 0 aliphatic rings. The first-order valence-electron chi connectivity index (χ1n) is 8.87. The smallest absolute Gasteiger partial charge is 0.387 e. The minimum absolute atomic E-state index is 0.00884. The standard InChI is InChI=1S/C19H21ClF2N2O5S/c1-4-24(5-2)30(26,27)17-11-13(7-8-14(17)20)23-18(25)12-6-9-15(28-3)16(10-12)29-19(21)22/h6-11,19H,4-5H2,1-3H3,(H,23,25). The van der Waals surface area contributed by atoms with Crippen LogP contribution in [-0.2, 0) is 10.0 Å². The van der Waals surface area contributed by atoms with E-state index in [2.05, 4.69) is 10.1 Å². The van der Waals surface area contributed by atoms with Gasteiger partial charge < -0.3 is 14.8 Å². The van der Waals surface area contributed by atoms with Crippen LogP contribution in [0.15, 0.2) is 41.3 Å². The minimum Gasteiger partial charge on any atom is -0.493 e. The number of nitrogens with zero attached hydrogens (tertiary/aromatic N) is 1. The number of ether oxygens (including phenoxy) is 2. The second kappa shape index (κ2) is 10.1. The first-order valence-corrected chi connectivity index (χ1v) is 10.7. The highest BCUT2D eigenvalue weighted by atomic mass is 35.5. The number of rotatable bonds is 9. The summed E-state index contributed by atoms with van der Waals surface area (Å²) in [5, 5.41) is 2.54. The number of methoxy groups -OCH3 is 1. The lowest BCUT2D eigenvalue weighted by molar-refractivity contribution is -0.0512. The Kier molecular flexibility index (Phi) is 7.99. The third-order valence-electron chi connectivity index (χ3n) is 4.15. The van der Waals surface area contributed by atoms with Gasteiger partial charge in [-0.15, -0.1) is 0 Å². The lowest BCUT2D eigenvalue weighted by Gasteiger charge is -2.19. The van der Waals surface area contributed by atoms with E-state index in [0.29, 0.717) is 0 Å². The summed E-state index contributed by atoms with van der Waals surface area (Å²) in [5.74, 6) is -0.933. The summed E-state index contributed by atoms with van der Waals surface area (Å²) < 4.78 is 61.2. The highest BCUT2D eigenvalue weighted by molar-refractivity contribution is 7.89. The van der Waals surface area contributed by atoms with Crippen LogP contribution in [0.2, 0.25) is 5.02 Å². The largest absolute Gasteiger partial charge is 0.493 e. The maximum Gasteiger partial charge on any atom is 0.387 e. The van der Waals surface area contributed by atoms with E-state index in [9.17, 15) is 22.0 Å². The number of amides is 1. The number of nitrogens with one attached hydrogen (secondary N) is 1. The second-order valence-corrected chi connectivity index (χ2v) is 8.25. The van der Waals surface area contributed by atoms with Gasteiger partial charge in [0, 0.05) is 24.3 Å². The molecule has 1 N–H and O–H groups in total. The van der Waals surface area contributed by atoms with E-state index in [1.54, 1.807) is 13.8 Å².